The third kappa shape index (κ3) is 2.86. The minimum absolute atomic E-state index is 0.508. The molecule has 1 saturated heterocycles. The van der Waals surface area contributed by atoms with Crippen LogP contribution in [-0.4, -0.2) is 38.2 Å². The number of rotatable bonds is 3. The molecule has 1 aromatic carbocycles. The molecule has 1 aliphatic heterocycles. The highest BCUT2D eigenvalue weighted by Crippen LogP contribution is 2.30. The molecule has 3 aromatic rings. The molecule has 118 valence electrons. The smallest absolute Gasteiger partial charge is 0.0961 e. The molecule has 0 spiro atoms. The Bertz CT molecular complexity index is 799. The molecule has 0 amide bonds. The average Bonchev–Trinajstić information content (AvgIpc) is 3.05. The zero-order chi connectivity index (χ0) is 15.6. The highest BCUT2D eigenvalue weighted by molar-refractivity contribution is 7.96. The van der Waals surface area contributed by atoms with Gasteiger partial charge in [0.2, 0.25) is 0 Å². The van der Waals surface area contributed by atoms with Gasteiger partial charge in [-0.15, -0.1) is 0 Å². The quantitative estimate of drug-likeness (QED) is 0.682. The highest BCUT2D eigenvalue weighted by atomic mass is 32.2. The summed E-state index contributed by atoms with van der Waals surface area (Å²) in [5, 5.41) is 0. The van der Waals surface area contributed by atoms with Crippen LogP contribution < -0.4 is 0 Å². The number of fused-ring (bicyclic) bond motifs is 1. The van der Waals surface area contributed by atoms with Crippen molar-refractivity contribution in [2.75, 3.05) is 19.3 Å². The van der Waals surface area contributed by atoms with Crippen LogP contribution in [0.4, 0.5) is 0 Å². The first-order valence-corrected chi connectivity index (χ1v) is 9.19. The molecule has 1 aliphatic rings. The van der Waals surface area contributed by atoms with Crippen molar-refractivity contribution in [3.8, 4) is 11.1 Å². The molecule has 0 bridgehead atoms. The molecule has 23 heavy (non-hydrogen) atoms. The van der Waals surface area contributed by atoms with Gasteiger partial charge in [-0.1, -0.05) is 18.0 Å². The van der Waals surface area contributed by atoms with Gasteiger partial charge in [-0.2, -0.15) is 0 Å². The van der Waals surface area contributed by atoms with E-state index in [0.29, 0.717) is 6.04 Å². The van der Waals surface area contributed by atoms with Crippen molar-refractivity contribution < 1.29 is 0 Å². The number of imidazole rings is 1. The Kier molecular flexibility index (Phi) is 4.06. The lowest BCUT2D eigenvalue weighted by Crippen LogP contribution is -2.31. The summed E-state index contributed by atoms with van der Waals surface area (Å²) in [5.41, 5.74) is 4.72. The van der Waals surface area contributed by atoms with Crippen molar-refractivity contribution in [3.05, 3.63) is 49.1 Å². The molecular weight excluding hydrogens is 304 g/mol. The second kappa shape index (κ2) is 6.34. The maximum absolute atomic E-state index is 4.60. The molecule has 0 saturated carbocycles. The summed E-state index contributed by atoms with van der Waals surface area (Å²) in [6, 6.07) is 11.1. The fourth-order valence-electron chi connectivity index (χ4n) is 3.35. The lowest BCUT2D eigenvalue weighted by Gasteiger charge is -2.31. The SMILES string of the molecule is CSN1CCCC(n2cnc3ccc(-c4ccncc4)cc32)C1. The van der Waals surface area contributed by atoms with Crippen LogP contribution in [0.2, 0.25) is 0 Å². The highest BCUT2D eigenvalue weighted by Gasteiger charge is 2.22. The monoisotopic (exact) mass is 324 g/mol. The fourth-order valence-corrected chi connectivity index (χ4v) is 3.99. The van der Waals surface area contributed by atoms with Crippen molar-refractivity contribution in [2.45, 2.75) is 18.9 Å². The van der Waals surface area contributed by atoms with E-state index in [9.17, 15) is 0 Å². The topological polar surface area (TPSA) is 34.0 Å². The largest absolute Gasteiger partial charge is 0.326 e. The summed E-state index contributed by atoms with van der Waals surface area (Å²) in [7, 11) is 0. The first-order valence-electron chi connectivity index (χ1n) is 8.01. The Morgan fingerprint density at radius 1 is 1.13 bits per heavy atom. The summed E-state index contributed by atoms with van der Waals surface area (Å²) >= 11 is 1.84. The van der Waals surface area contributed by atoms with E-state index in [1.807, 2.05) is 30.7 Å². The van der Waals surface area contributed by atoms with Gasteiger partial charge in [0.1, 0.15) is 0 Å². The van der Waals surface area contributed by atoms with Crippen LogP contribution in [0.1, 0.15) is 18.9 Å². The van der Waals surface area contributed by atoms with Crippen LogP contribution in [0.15, 0.2) is 49.1 Å². The van der Waals surface area contributed by atoms with Crippen LogP contribution in [0.5, 0.6) is 0 Å². The van der Waals surface area contributed by atoms with E-state index in [1.54, 1.807) is 0 Å². The summed E-state index contributed by atoms with van der Waals surface area (Å²) in [4.78, 5) is 8.71. The maximum Gasteiger partial charge on any atom is 0.0961 e. The van der Waals surface area contributed by atoms with Crippen LogP contribution >= 0.6 is 11.9 Å². The third-order valence-corrected chi connectivity index (χ3v) is 5.45. The zero-order valence-corrected chi connectivity index (χ0v) is 14.0. The van der Waals surface area contributed by atoms with Crippen molar-refractivity contribution in [2.24, 2.45) is 0 Å². The summed E-state index contributed by atoms with van der Waals surface area (Å²) < 4.78 is 4.81. The molecule has 1 atom stereocenters. The fraction of sp³-hybridized carbons (Fsp3) is 0.333. The van der Waals surface area contributed by atoms with Crippen LogP contribution in [-0.2, 0) is 0 Å². The van der Waals surface area contributed by atoms with Crippen LogP contribution in [0.25, 0.3) is 22.2 Å². The third-order valence-electron chi connectivity index (χ3n) is 4.60. The summed E-state index contributed by atoms with van der Waals surface area (Å²) in [6.45, 7) is 2.28. The molecule has 1 unspecified atom stereocenters. The standard InChI is InChI=1S/C18H20N4S/c1-23-21-10-2-3-16(12-21)22-13-20-17-5-4-15(11-18(17)22)14-6-8-19-9-7-14/h4-9,11,13,16H,2-3,10,12H2,1H3. The van der Waals surface area contributed by atoms with E-state index in [-0.39, 0.29) is 0 Å². The van der Waals surface area contributed by atoms with Crippen molar-refractivity contribution >= 4 is 23.0 Å². The van der Waals surface area contributed by atoms with Gasteiger partial charge in [0.15, 0.2) is 0 Å². The normalized spacial score (nSPS) is 19.3. The zero-order valence-electron chi connectivity index (χ0n) is 13.2. The van der Waals surface area contributed by atoms with E-state index in [1.165, 1.54) is 36.0 Å². The lowest BCUT2D eigenvalue weighted by molar-refractivity contribution is 0.289. The number of pyridine rings is 1. The van der Waals surface area contributed by atoms with Gasteiger partial charge in [-0.05, 0) is 54.5 Å². The second-order valence-corrected chi connectivity index (χ2v) is 6.84. The van der Waals surface area contributed by atoms with Crippen molar-refractivity contribution in [1.29, 1.82) is 0 Å². The van der Waals surface area contributed by atoms with E-state index >= 15 is 0 Å². The number of piperidine rings is 1. The molecule has 2 aromatic heterocycles. The Morgan fingerprint density at radius 2 is 2.00 bits per heavy atom. The Morgan fingerprint density at radius 3 is 2.83 bits per heavy atom. The van der Waals surface area contributed by atoms with Gasteiger partial charge < -0.3 is 4.57 Å². The number of hydrogen-bond acceptors (Lipinski definition) is 4. The minimum atomic E-state index is 0.508. The summed E-state index contributed by atoms with van der Waals surface area (Å²) in [5.74, 6) is 0. The van der Waals surface area contributed by atoms with Crippen LogP contribution in [0.3, 0.4) is 0 Å². The van der Waals surface area contributed by atoms with E-state index < -0.39 is 0 Å². The molecule has 4 rings (SSSR count). The van der Waals surface area contributed by atoms with Gasteiger partial charge >= 0.3 is 0 Å². The predicted molar refractivity (Wildman–Crippen MR) is 96.3 cm³/mol. The molecule has 1 fully saturated rings. The molecule has 0 radical (unpaired) electrons. The molecular formula is C18H20N4S. The summed E-state index contributed by atoms with van der Waals surface area (Å²) in [6.07, 6.45) is 10.3. The average molecular weight is 324 g/mol. The van der Waals surface area contributed by atoms with Crippen LogP contribution in [0, 0.1) is 0 Å². The molecule has 0 N–H and O–H groups in total. The van der Waals surface area contributed by atoms with E-state index in [0.717, 1.165) is 12.1 Å². The lowest BCUT2D eigenvalue weighted by atomic mass is 10.0. The van der Waals surface area contributed by atoms with Gasteiger partial charge in [0.25, 0.3) is 0 Å². The number of hydrogen-bond donors (Lipinski definition) is 0. The molecule has 5 heteroatoms. The Hall–Kier alpha value is -1.85. The first-order chi connectivity index (χ1) is 11.3. The number of nitrogens with zero attached hydrogens (tertiary/aromatic N) is 4. The number of aromatic nitrogens is 3. The van der Waals surface area contributed by atoms with Gasteiger partial charge in [-0.25, -0.2) is 9.29 Å². The number of benzene rings is 1. The van der Waals surface area contributed by atoms with Gasteiger partial charge in [-0.3, -0.25) is 4.98 Å². The Labute approximate surface area is 140 Å². The molecule has 4 nitrogen and oxygen atoms in total. The Balaban J connectivity index is 1.73. The van der Waals surface area contributed by atoms with E-state index in [4.69, 9.17) is 0 Å². The first kappa shape index (κ1) is 14.7. The van der Waals surface area contributed by atoms with Crippen molar-refractivity contribution in [1.82, 2.24) is 18.8 Å². The molecule has 3 heterocycles. The van der Waals surface area contributed by atoms with Crippen molar-refractivity contribution in [3.63, 3.8) is 0 Å². The molecule has 0 aliphatic carbocycles. The van der Waals surface area contributed by atoms with Gasteiger partial charge in [0.05, 0.1) is 17.4 Å². The van der Waals surface area contributed by atoms with E-state index in [2.05, 4.69) is 55.4 Å². The van der Waals surface area contributed by atoms with Gasteiger partial charge in [0, 0.05) is 31.5 Å². The maximum atomic E-state index is 4.60. The predicted octanol–water partition coefficient (Wildman–Crippen LogP) is 4.01. The second-order valence-electron chi connectivity index (χ2n) is 5.96. The minimum Gasteiger partial charge on any atom is -0.326 e.